The van der Waals surface area contributed by atoms with Crippen molar-refractivity contribution in [2.75, 3.05) is 46.9 Å². The third kappa shape index (κ3) is 4.98. The van der Waals surface area contributed by atoms with Crippen LogP contribution in [0.25, 0.3) is 0 Å². The summed E-state index contributed by atoms with van der Waals surface area (Å²) in [5, 5.41) is 8.86. The van der Waals surface area contributed by atoms with Gasteiger partial charge in [0.15, 0.2) is 5.96 Å². The molecule has 0 aromatic carbocycles. The Hall–Kier alpha value is -1.11. The fourth-order valence-corrected chi connectivity index (χ4v) is 3.49. The number of nitrogens with one attached hydrogen (secondary N) is 2. The maximum atomic E-state index is 5.05. The Balaban J connectivity index is 1.89. The third-order valence-corrected chi connectivity index (χ3v) is 4.71. The predicted molar refractivity (Wildman–Crippen MR) is 89.1 cm³/mol. The molecule has 0 saturated carbocycles. The second-order valence-corrected chi connectivity index (χ2v) is 6.13. The van der Waals surface area contributed by atoms with Crippen molar-refractivity contribution >= 4 is 17.3 Å². The van der Waals surface area contributed by atoms with Gasteiger partial charge in [0.1, 0.15) is 0 Å². The molecular formula is C15H26N4OS. The van der Waals surface area contributed by atoms with Crippen molar-refractivity contribution in [1.29, 1.82) is 0 Å². The highest BCUT2D eigenvalue weighted by atomic mass is 32.1. The second-order valence-electron chi connectivity index (χ2n) is 5.15. The van der Waals surface area contributed by atoms with E-state index in [0.29, 0.717) is 12.6 Å². The van der Waals surface area contributed by atoms with Crippen LogP contribution in [0.1, 0.15) is 23.8 Å². The lowest BCUT2D eigenvalue weighted by Gasteiger charge is -2.27. The Morgan fingerprint density at radius 2 is 2.24 bits per heavy atom. The van der Waals surface area contributed by atoms with E-state index in [2.05, 4.69) is 38.0 Å². The van der Waals surface area contributed by atoms with Crippen LogP contribution in [0.4, 0.5) is 0 Å². The molecule has 0 amide bonds. The molecule has 0 bridgehead atoms. The lowest BCUT2D eigenvalue weighted by molar-refractivity contribution is 0.203. The van der Waals surface area contributed by atoms with Crippen molar-refractivity contribution < 1.29 is 4.74 Å². The molecule has 1 unspecified atom stereocenters. The van der Waals surface area contributed by atoms with Crippen molar-refractivity contribution in [1.82, 2.24) is 15.5 Å². The topological polar surface area (TPSA) is 48.9 Å². The summed E-state index contributed by atoms with van der Waals surface area (Å²) in [6.07, 6.45) is 2.62. The zero-order valence-corrected chi connectivity index (χ0v) is 13.8. The number of nitrogens with zero attached hydrogens (tertiary/aromatic N) is 2. The summed E-state index contributed by atoms with van der Waals surface area (Å²) in [5.41, 5.74) is 0. The van der Waals surface area contributed by atoms with Crippen molar-refractivity contribution in [3.8, 4) is 0 Å². The molecule has 0 spiro atoms. The average Bonchev–Trinajstić information content (AvgIpc) is 3.19. The molecule has 0 radical (unpaired) electrons. The van der Waals surface area contributed by atoms with Gasteiger partial charge in [-0.1, -0.05) is 6.07 Å². The highest BCUT2D eigenvalue weighted by Gasteiger charge is 2.24. The minimum absolute atomic E-state index is 0.438. The van der Waals surface area contributed by atoms with Gasteiger partial charge in [0.2, 0.25) is 0 Å². The van der Waals surface area contributed by atoms with Gasteiger partial charge in [-0.15, -0.1) is 11.3 Å². The van der Waals surface area contributed by atoms with Crippen molar-refractivity contribution in [3.05, 3.63) is 22.4 Å². The van der Waals surface area contributed by atoms with E-state index in [1.54, 1.807) is 14.2 Å². The maximum absolute atomic E-state index is 5.05. The monoisotopic (exact) mass is 310 g/mol. The molecule has 1 atom stereocenters. The zero-order valence-electron chi connectivity index (χ0n) is 13.0. The number of guanidine groups is 1. The van der Waals surface area contributed by atoms with Crippen LogP contribution in [0.5, 0.6) is 0 Å². The predicted octanol–water partition coefficient (Wildman–Crippen LogP) is 1.70. The SMILES string of the molecule is CN=C(NCCOC)NCC(c1cccs1)N1CCCC1. The van der Waals surface area contributed by atoms with Crippen molar-refractivity contribution in [3.63, 3.8) is 0 Å². The smallest absolute Gasteiger partial charge is 0.191 e. The standard InChI is InChI=1S/C15H26N4OS/c1-16-15(17-7-10-20-2)18-12-13(14-6-5-11-21-14)19-8-3-4-9-19/h5-6,11,13H,3-4,7-10,12H2,1-2H3,(H2,16,17,18). The van der Waals surface area contributed by atoms with Gasteiger partial charge in [0.05, 0.1) is 12.6 Å². The number of aliphatic imine (C=N–C) groups is 1. The van der Waals surface area contributed by atoms with E-state index < -0.39 is 0 Å². The fourth-order valence-electron chi connectivity index (χ4n) is 2.63. The Labute approximate surface area is 131 Å². The first-order chi connectivity index (χ1) is 10.3. The first kappa shape index (κ1) is 16.3. The average molecular weight is 310 g/mol. The van der Waals surface area contributed by atoms with Crippen LogP contribution in [0.3, 0.4) is 0 Å². The summed E-state index contributed by atoms with van der Waals surface area (Å²) < 4.78 is 5.05. The van der Waals surface area contributed by atoms with Gasteiger partial charge < -0.3 is 15.4 Å². The summed E-state index contributed by atoms with van der Waals surface area (Å²) in [7, 11) is 3.51. The first-order valence-corrected chi connectivity index (χ1v) is 8.44. The molecule has 118 valence electrons. The number of hydrogen-bond donors (Lipinski definition) is 2. The number of thiophene rings is 1. The van der Waals surface area contributed by atoms with Gasteiger partial charge in [0, 0.05) is 32.1 Å². The maximum Gasteiger partial charge on any atom is 0.191 e. The lowest BCUT2D eigenvalue weighted by Crippen LogP contribution is -2.43. The minimum atomic E-state index is 0.438. The summed E-state index contributed by atoms with van der Waals surface area (Å²) in [4.78, 5) is 8.26. The van der Waals surface area contributed by atoms with Crippen LogP contribution in [-0.4, -0.2) is 57.8 Å². The summed E-state index contributed by atoms with van der Waals surface area (Å²) in [5.74, 6) is 0.841. The second kappa shape index (κ2) is 9.02. The first-order valence-electron chi connectivity index (χ1n) is 7.56. The van der Waals surface area contributed by atoms with E-state index in [4.69, 9.17) is 4.74 Å². The van der Waals surface area contributed by atoms with Crippen LogP contribution in [0, 0.1) is 0 Å². The van der Waals surface area contributed by atoms with Gasteiger partial charge in [-0.25, -0.2) is 0 Å². The molecule has 0 aliphatic carbocycles. The minimum Gasteiger partial charge on any atom is -0.383 e. The largest absolute Gasteiger partial charge is 0.383 e. The number of rotatable bonds is 7. The number of ether oxygens (including phenoxy) is 1. The van der Waals surface area contributed by atoms with Crippen LogP contribution >= 0.6 is 11.3 Å². The number of methoxy groups -OCH3 is 1. The van der Waals surface area contributed by atoms with Crippen molar-refractivity contribution in [2.45, 2.75) is 18.9 Å². The van der Waals surface area contributed by atoms with E-state index >= 15 is 0 Å². The van der Waals surface area contributed by atoms with Crippen molar-refractivity contribution in [2.24, 2.45) is 4.99 Å². The van der Waals surface area contributed by atoms with E-state index in [-0.39, 0.29) is 0 Å². The van der Waals surface area contributed by atoms with Crippen LogP contribution < -0.4 is 10.6 Å². The molecule has 2 rings (SSSR count). The molecule has 1 saturated heterocycles. The molecular weight excluding hydrogens is 284 g/mol. The summed E-state index contributed by atoms with van der Waals surface area (Å²) >= 11 is 1.84. The fraction of sp³-hybridized carbons (Fsp3) is 0.667. The lowest BCUT2D eigenvalue weighted by atomic mass is 10.2. The van der Waals surface area contributed by atoms with Crippen LogP contribution in [-0.2, 0) is 4.74 Å². The normalized spacial score (nSPS) is 17.9. The molecule has 1 fully saturated rings. The number of hydrogen-bond acceptors (Lipinski definition) is 4. The Bertz CT molecular complexity index is 415. The molecule has 6 heteroatoms. The highest BCUT2D eigenvalue weighted by Crippen LogP contribution is 2.27. The van der Waals surface area contributed by atoms with E-state index in [9.17, 15) is 0 Å². The quantitative estimate of drug-likeness (QED) is 0.457. The Morgan fingerprint density at radius 3 is 2.86 bits per heavy atom. The van der Waals surface area contributed by atoms with Gasteiger partial charge in [0.25, 0.3) is 0 Å². The molecule has 21 heavy (non-hydrogen) atoms. The molecule has 1 aliphatic rings. The molecule has 1 aromatic rings. The third-order valence-electron chi connectivity index (χ3n) is 3.74. The van der Waals surface area contributed by atoms with Crippen LogP contribution in [0.15, 0.2) is 22.5 Å². The van der Waals surface area contributed by atoms with Crippen LogP contribution in [0.2, 0.25) is 0 Å². The summed E-state index contributed by atoms with van der Waals surface area (Å²) in [6.45, 7) is 4.72. The molecule has 1 aromatic heterocycles. The molecule has 1 aliphatic heterocycles. The Morgan fingerprint density at radius 1 is 1.43 bits per heavy atom. The van der Waals surface area contributed by atoms with E-state index in [1.807, 2.05) is 11.3 Å². The van der Waals surface area contributed by atoms with Gasteiger partial charge in [-0.2, -0.15) is 0 Å². The van der Waals surface area contributed by atoms with Gasteiger partial charge >= 0.3 is 0 Å². The van der Waals surface area contributed by atoms with Gasteiger partial charge in [-0.05, 0) is 37.4 Å². The molecule has 2 N–H and O–H groups in total. The number of likely N-dealkylation sites (tertiary alicyclic amines) is 1. The van der Waals surface area contributed by atoms with E-state index in [0.717, 1.165) is 19.0 Å². The highest BCUT2D eigenvalue weighted by molar-refractivity contribution is 7.10. The summed E-state index contributed by atoms with van der Waals surface area (Å²) in [6, 6.07) is 4.80. The zero-order chi connectivity index (χ0) is 14.9. The Kier molecular flexibility index (Phi) is 6.99. The van der Waals surface area contributed by atoms with Gasteiger partial charge in [-0.3, -0.25) is 9.89 Å². The molecule has 5 nitrogen and oxygen atoms in total. The van der Waals surface area contributed by atoms with E-state index in [1.165, 1.54) is 30.8 Å². The molecule has 2 heterocycles.